The van der Waals surface area contributed by atoms with Crippen molar-refractivity contribution in [3.05, 3.63) is 41.7 Å². The number of aromatic nitrogens is 5. The first kappa shape index (κ1) is 14.6. The van der Waals surface area contributed by atoms with Crippen molar-refractivity contribution in [2.24, 2.45) is 0 Å². The summed E-state index contributed by atoms with van der Waals surface area (Å²) in [6.07, 6.45) is 6.73. The maximum atomic E-state index is 4.45. The Morgan fingerprint density at radius 3 is 2.84 bits per heavy atom. The lowest BCUT2D eigenvalue weighted by atomic mass is 9.96. The van der Waals surface area contributed by atoms with Crippen LogP contribution in [0.3, 0.4) is 0 Å². The van der Waals surface area contributed by atoms with Crippen LogP contribution in [0.4, 0.5) is 11.8 Å². The second kappa shape index (κ2) is 5.68. The minimum atomic E-state index is 0.408. The molecule has 3 aromatic rings. The molecule has 0 aromatic carbocycles. The minimum Gasteiger partial charge on any atom is -0.351 e. The number of likely N-dealkylation sites (N-methyl/N-ethyl adjacent to an activating group) is 1. The molecule has 0 radical (unpaired) electrons. The summed E-state index contributed by atoms with van der Waals surface area (Å²) in [7, 11) is 2.09. The van der Waals surface area contributed by atoms with E-state index >= 15 is 0 Å². The fourth-order valence-corrected chi connectivity index (χ4v) is 3.75. The number of hydrogen-bond donors (Lipinski definition) is 0. The van der Waals surface area contributed by atoms with Crippen molar-refractivity contribution in [1.29, 1.82) is 0 Å². The second-order valence-corrected chi connectivity index (χ2v) is 6.98. The molecule has 0 amide bonds. The molecular formula is C18H21N7. The molecule has 1 saturated heterocycles. The Bertz CT molecular complexity index is 913. The molecule has 1 fully saturated rings. The first-order valence-corrected chi connectivity index (χ1v) is 8.92. The van der Waals surface area contributed by atoms with Gasteiger partial charge in [-0.25, -0.2) is 0 Å². The summed E-state index contributed by atoms with van der Waals surface area (Å²) < 4.78 is 2.03. The van der Waals surface area contributed by atoms with Gasteiger partial charge in [-0.2, -0.15) is 5.10 Å². The van der Waals surface area contributed by atoms with Gasteiger partial charge in [-0.1, -0.05) is 6.07 Å². The molecule has 1 aliphatic carbocycles. The van der Waals surface area contributed by atoms with E-state index in [4.69, 9.17) is 0 Å². The highest BCUT2D eigenvalue weighted by atomic mass is 15.4. The van der Waals surface area contributed by atoms with E-state index in [0.29, 0.717) is 6.04 Å². The van der Waals surface area contributed by atoms with Crippen molar-refractivity contribution in [2.75, 3.05) is 29.9 Å². The molecule has 0 N–H and O–H groups in total. The maximum Gasteiger partial charge on any atom is 0.231 e. The fraction of sp³-hybridized carbons (Fsp3) is 0.444. The Kier molecular flexibility index (Phi) is 3.33. The molecule has 0 unspecified atom stereocenters. The zero-order valence-electron chi connectivity index (χ0n) is 14.3. The predicted molar refractivity (Wildman–Crippen MR) is 96.1 cm³/mol. The highest BCUT2D eigenvalue weighted by Crippen LogP contribution is 2.27. The van der Waals surface area contributed by atoms with Crippen molar-refractivity contribution >= 4 is 17.4 Å². The average Bonchev–Trinajstić information content (AvgIpc) is 3.04. The zero-order chi connectivity index (χ0) is 16.8. The normalized spacial score (nSPS) is 17.4. The zero-order valence-corrected chi connectivity index (χ0v) is 14.3. The van der Waals surface area contributed by atoms with Crippen molar-refractivity contribution in [3.63, 3.8) is 0 Å². The van der Waals surface area contributed by atoms with Gasteiger partial charge in [-0.3, -0.25) is 4.40 Å². The van der Waals surface area contributed by atoms with Crippen LogP contribution in [0, 0.1) is 0 Å². The number of anilines is 2. The molecule has 0 saturated carbocycles. The molecule has 2 aliphatic rings. The molecular weight excluding hydrogens is 314 g/mol. The van der Waals surface area contributed by atoms with E-state index in [9.17, 15) is 0 Å². The number of fused-ring (bicyclic) bond motifs is 2. The average molecular weight is 335 g/mol. The van der Waals surface area contributed by atoms with Gasteiger partial charge < -0.3 is 9.80 Å². The third-order valence-electron chi connectivity index (χ3n) is 5.40. The Balaban J connectivity index is 1.31. The predicted octanol–water partition coefficient (Wildman–Crippen LogP) is 1.72. The minimum absolute atomic E-state index is 0.408. The molecule has 7 nitrogen and oxygen atoms in total. The number of rotatable bonds is 3. The highest BCUT2D eigenvalue weighted by molar-refractivity contribution is 5.51. The summed E-state index contributed by atoms with van der Waals surface area (Å²) >= 11 is 0. The van der Waals surface area contributed by atoms with Crippen LogP contribution in [0.5, 0.6) is 0 Å². The van der Waals surface area contributed by atoms with Gasteiger partial charge in [-0.05, 0) is 49.4 Å². The summed E-state index contributed by atoms with van der Waals surface area (Å²) in [6, 6.07) is 8.60. The van der Waals surface area contributed by atoms with Gasteiger partial charge in [0.25, 0.3) is 0 Å². The van der Waals surface area contributed by atoms with E-state index in [0.717, 1.165) is 43.3 Å². The molecule has 25 heavy (non-hydrogen) atoms. The number of pyridine rings is 1. The van der Waals surface area contributed by atoms with E-state index in [1.807, 2.05) is 28.8 Å². The van der Waals surface area contributed by atoms with Crippen molar-refractivity contribution in [2.45, 2.75) is 31.7 Å². The lowest BCUT2D eigenvalue weighted by Crippen LogP contribution is -2.59. The molecule has 4 heterocycles. The fourth-order valence-electron chi connectivity index (χ4n) is 3.75. The van der Waals surface area contributed by atoms with E-state index in [2.05, 4.69) is 43.3 Å². The summed E-state index contributed by atoms with van der Waals surface area (Å²) in [5.74, 6) is 1.90. The van der Waals surface area contributed by atoms with Gasteiger partial charge >= 0.3 is 0 Å². The van der Waals surface area contributed by atoms with Gasteiger partial charge in [0, 0.05) is 26.3 Å². The van der Waals surface area contributed by atoms with Crippen LogP contribution in [0.25, 0.3) is 5.65 Å². The first-order chi connectivity index (χ1) is 12.3. The quantitative estimate of drug-likeness (QED) is 0.726. The third-order valence-corrected chi connectivity index (χ3v) is 5.40. The van der Waals surface area contributed by atoms with Gasteiger partial charge in [0.2, 0.25) is 5.95 Å². The summed E-state index contributed by atoms with van der Waals surface area (Å²) in [6.45, 7) is 1.87. The Morgan fingerprint density at radius 2 is 1.92 bits per heavy atom. The molecule has 7 heteroatoms. The van der Waals surface area contributed by atoms with Gasteiger partial charge in [0.1, 0.15) is 0 Å². The van der Waals surface area contributed by atoms with Crippen LogP contribution < -0.4 is 9.80 Å². The Hall–Kier alpha value is -2.70. The van der Waals surface area contributed by atoms with Gasteiger partial charge in [-0.15, -0.1) is 15.3 Å². The third kappa shape index (κ3) is 2.42. The second-order valence-electron chi connectivity index (χ2n) is 6.98. The SMILES string of the molecule is CN(c1nnc2ccccn12)C1CN(c2cc3c(nn2)CCCC3)C1. The molecule has 5 rings (SSSR count). The van der Waals surface area contributed by atoms with Crippen LogP contribution in [0.2, 0.25) is 0 Å². The largest absolute Gasteiger partial charge is 0.351 e. The standard InChI is InChI=1S/C18H21N7/c1-23(18-22-20-16-8-4-5-9-25(16)18)14-11-24(12-14)17-10-13-6-2-3-7-15(13)19-21-17/h4-5,8-10,14H,2-3,6-7,11-12H2,1H3. The van der Waals surface area contributed by atoms with E-state index < -0.39 is 0 Å². The molecule has 128 valence electrons. The number of aryl methyl sites for hydroxylation is 2. The van der Waals surface area contributed by atoms with Gasteiger partial charge in [0.05, 0.1) is 11.7 Å². The van der Waals surface area contributed by atoms with Crippen LogP contribution in [0.15, 0.2) is 30.5 Å². The monoisotopic (exact) mass is 335 g/mol. The van der Waals surface area contributed by atoms with E-state index in [-0.39, 0.29) is 0 Å². The van der Waals surface area contributed by atoms with Gasteiger partial charge in [0.15, 0.2) is 11.5 Å². The first-order valence-electron chi connectivity index (χ1n) is 8.92. The smallest absolute Gasteiger partial charge is 0.231 e. The van der Waals surface area contributed by atoms with Crippen molar-refractivity contribution in [3.8, 4) is 0 Å². The number of nitrogens with zero attached hydrogens (tertiary/aromatic N) is 7. The molecule has 3 aromatic heterocycles. The van der Waals surface area contributed by atoms with Crippen LogP contribution >= 0.6 is 0 Å². The van der Waals surface area contributed by atoms with Crippen molar-refractivity contribution < 1.29 is 0 Å². The lowest BCUT2D eigenvalue weighted by Gasteiger charge is -2.44. The molecule has 0 bridgehead atoms. The highest BCUT2D eigenvalue weighted by Gasteiger charge is 2.33. The van der Waals surface area contributed by atoms with Crippen molar-refractivity contribution in [1.82, 2.24) is 24.8 Å². The van der Waals surface area contributed by atoms with E-state index in [1.165, 1.54) is 24.1 Å². The molecule has 0 atom stereocenters. The topological polar surface area (TPSA) is 62.5 Å². The summed E-state index contributed by atoms with van der Waals surface area (Å²) in [4.78, 5) is 4.51. The molecule has 1 aliphatic heterocycles. The molecule has 0 spiro atoms. The Morgan fingerprint density at radius 1 is 1.04 bits per heavy atom. The van der Waals surface area contributed by atoms with E-state index in [1.54, 1.807) is 0 Å². The summed E-state index contributed by atoms with van der Waals surface area (Å²) in [5.41, 5.74) is 3.46. The Labute approximate surface area is 146 Å². The summed E-state index contributed by atoms with van der Waals surface area (Å²) in [5, 5.41) is 17.5. The van der Waals surface area contributed by atoms with Crippen LogP contribution in [-0.2, 0) is 12.8 Å². The van der Waals surface area contributed by atoms with Crippen LogP contribution in [-0.4, -0.2) is 51.0 Å². The van der Waals surface area contributed by atoms with Crippen LogP contribution in [0.1, 0.15) is 24.1 Å². The lowest BCUT2D eigenvalue weighted by molar-refractivity contribution is 0.482. The number of hydrogen-bond acceptors (Lipinski definition) is 6. The maximum absolute atomic E-state index is 4.45.